The highest BCUT2D eigenvalue weighted by Crippen LogP contribution is 2.33. The van der Waals surface area contributed by atoms with E-state index in [9.17, 15) is 4.79 Å². The van der Waals surface area contributed by atoms with E-state index < -0.39 is 5.91 Å². The zero-order valence-electron chi connectivity index (χ0n) is 27.1. The molecule has 1 aliphatic heterocycles. The van der Waals surface area contributed by atoms with Crippen molar-refractivity contribution in [3.05, 3.63) is 83.6 Å². The van der Waals surface area contributed by atoms with Gasteiger partial charge < -0.3 is 39.4 Å². The summed E-state index contributed by atoms with van der Waals surface area (Å²) in [5.74, 6) is 2.25. The van der Waals surface area contributed by atoms with Gasteiger partial charge in [-0.3, -0.25) is 4.79 Å². The topological polar surface area (TPSA) is 110 Å². The van der Waals surface area contributed by atoms with Gasteiger partial charge in [0.15, 0.2) is 11.5 Å². The Morgan fingerprint density at radius 1 is 0.891 bits per heavy atom. The number of amides is 1. The summed E-state index contributed by atoms with van der Waals surface area (Å²) in [7, 11) is 5.35. The van der Waals surface area contributed by atoms with E-state index in [2.05, 4.69) is 37.4 Å². The number of carbonyl (C=O) groups excluding carboxylic acids is 1. The first-order chi connectivity index (χ1) is 22.3. The minimum absolute atomic E-state index is 0.0850. The molecular formula is C35H42N6O5. The van der Waals surface area contributed by atoms with Crippen LogP contribution in [-0.2, 0) is 0 Å². The molecule has 0 radical (unpaired) electrons. The highest BCUT2D eigenvalue weighted by Gasteiger charge is 2.20. The van der Waals surface area contributed by atoms with Crippen LogP contribution in [0.2, 0.25) is 0 Å². The number of anilines is 3. The third-order valence-electron chi connectivity index (χ3n) is 7.87. The van der Waals surface area contributed by atoms with Crippen molar-refractivity contribution in [2.75, 3.05) is 71.2 Å². The fourth-order valence-corrected chi connectivity index (χ4v) is 5.16. The lowest BCUT2D eigenvalue weighted by molar-refractivity contribution is 0.102. The van der Waals surface area contributed by atoms with Crippen LogP contribution in [0.15, 0.2) is 66.9 Å². The Morgan fingerprint density at radius 2 is 1.63 bits per heavy atom. The summed E-state index contributed by atoms with van der Waals surface area (Å²) < 4.78 is 23.2. The van der Waals surface area contributed by atoms with E-state index in [-0.39, 0.29) is 17.4 Å². The average molecular weight is 627 g/mol. The molecule has 0 saturated carbocycles. The fraction of sp³-hybridized carbons (Fsp3) is 0.343. The largest absolute Gasteiger partial charge is 0.497 e. The second-order valence-corrected chi connectivity index (χ2v) is 11.3. The lowest BCUT2D eigenvalue weighted by Crippen LogP contribution is -2.44. The van der Waals surface area contributed by atoms with E-state index in [0.29, 0.717) is 35.3 Å². The van der Waals surface area contributed by atoms with Gasteiger partial charge in [-0.1, -0.05) is 24.3 Å². The van der Waals surface area contributed by atoms with Crippen LogP contribution in [0.25, 0.3) is 0 Å². The molecular weight excluding hydrogens is 584 g/mol. The number of hydrogen-bond donors (Lipinski definition) is 2. The van der Waals surface area contributed by atoms with Crippen LogP contribution >= 0.6 is 0 Å². The molecule has 1 amide bonds. The summed E-state index contributed by atoms with van der Waals surface area (Å²) in [5.41, 5.74) is 3.48. The first-order valence-corrected chi connectivity index (χ1v) is 15.4. The van der Waals surface area contributed by atoms with Gasteiger partial charge >= 0.3 is 0 Å². The third-order valence-corrected chi connectivity index (χ3v) is 7.87. The van der Waals surface area contributed by atoms with Crippen LogP contribution in [0, 0.1) is 13.8 Å². The Bertz CT molecular complexity index is 1620. The fourth-order valence-electron chi connectivity index (χ4n) is 5.16. The molecule has 1 fully saturated rings. The summed E-state index contributed by atoms with van der Waals surface area (Å²) in [6.45, 7) is 9.87. The normalized spacial score (nSPS) is 13.6. The van der Waals surface area contributed by atoms with Gasteiger partial charge in [0.25, 0.3) is 5.91 Å². The number of likely N-dealkylation sites (N-methyl/N-ethyl adjacent to an activating group) is 1. The Morgan fingerprint density at radius 3 is 2.37 bits per heavy atom. The second kappa shape index (κ2) is 15.4. The molecule has 1 saturated heterocycles. The zero-order chi connectivity index (χ0) is 32.5. The van der Waals surface area contributed by atoms with Gasteiger partial charge in [-0.05, 0) is 62.7 Å². The van der Waals surface area contributed by atoms with E-state index in [0.717, 1.165) is 56.0 Å². The van der Waals surface area contributed by atoms with E-state index in [4.69, 9.17) is 18.9 Å². The predicted octanol–water partition coefficient (Wildman–Crippen LogP) is 5.92. The Balaban J connectivity index is 1.31. The molecule has 0 atom stereocenters. The summed E-state index contributed by atoms with van der Waals surface area (Å²) in [4.78, 5) is 27.4. The number of aromatic nitrogens is 2. The molecule has 2 N–H and O–H groups in total. The molecule has 3 aromatic carbocycles. The van der Waals surface area contributed by atoms with Gasteiger partial charge in [0, 0.05) is 62.4 Å². The predicted molar refractivity (Wildman–Crippen MR) is 179 cm³/mol. The maximum atomic E-state index is 13.5. The van der Waals surface area contributed by atoms with Crippen molar-refractivity contribution in [2.45, 2.75) is 20.3 Å². The standard InChI is InChI=1S/C35H42N6O5/c1-24-9-6-10-25(2)32(24)38-33(42)29-23-36-35(39-34(29)46-28-12-7-11-27(22-28)43-4)37-26-13-14-30(31(21-26)44-5)45-20-8-15-41-18-16-40(3)17-19-41/h6-7,9-14,21-23H,8,15-20H2,1-5H3,(H,38,42)(H,36,37,39). The second-order valence-electron chi connectivity index (χ2n) is 11.3. The number of ether oxygens (including phenoxy) is 4. The first kappa shape index (κ1) is 32.5. The van der Waals surface area contributed by atoms with Gasteiger partial charge in [0.05, 0.1) is 20.8 Å². The Hall–Kier alpha value is -4.87. The van der Waals surface area contributed by atoms with Crippen LogP contribution in [0.3, 0.4) is 0 Å². The summed E-state index contributed by atoms with van der Waals surface area (Å²) >= 11 is 0. The molecule has 242 valence electrons. The molecule has 0 bridgehead atoms. The summed E-state index contributed by atoms with van der Waals surface area (Å²) in [6, 6.07) is 18.5. The SMILES string of the molecule is COc1cccc(Oc2nc(Nc3ccc(OCCCN4CCN(C)CC4)c(OC)c3)ncc2C(=O)Nc2c(C)cccc2C)c1. The van der Waals surface area contributed by atoms with E-state index in [1.165, 1.54) is 6.20 Å². The van der Waals surface area contributed by atoms with Crippen LogP contribution in [0.4, 0.5) is 17.3 Å². The lowest BCUT2D eigenvalue weighted by Gasteiger charge is -2.32. The van der Waals surface area contributed by atoms with Gasteiger partial charge in [-0.2, -0.15) is 4.98 Å². The van der Waals surface area contributed by atoms with Crippen molar-refractivity contribution in [1.82, 2.24) is 19.8 Å². The molecule has 4 aromatic rings. The van der Waals surface area contributed by atoms with Crippen LogP contribution < -0.4 is 29.6 Å². The number of benzene rings is 3. The van der Waals surface area contributed by atoms with Gasteiger partial charge in [0.1, 0.15) is 17.1 Å². The Labute approximate surface area is 270 Å². The average Bonchev–Trinajstić information content (AvgIpc) is 3.06. The molecule has 11 nitrogen and oxygen atoms in total. The minimum Gasteiger partial charge on any atom is -0.497 e. The number of rotatable bonds is 13. The Kier molecular flexibility index (Phi) is 10.9. The number of nitrogens with zero attached hydrogens (tertiary/aromatic N) is 4. The van der Waals surface area contributed by atoms with E-state index in [1.807, 2.05) is 56.3 Å². The number of carbonyl (C=O) groups is 1. The highest BCUT2D eigenvalue weighted by molar-refractivity contribution is 6.06. The van der Waals surface area contributed by atoms with Gasteiger partial charge in [-0.15, -0.1) is 0 Å². The molecule has 1 aliphatic rings. The molecule has 1 aromatic heterocycles. The molecule has 0 aliphatic carbocycles. The van der Waals surface area contributed by atoms with Crippen LogP contribution in [0.1, 0.15) is 27.9 Å². The van der Waals surface area contributed by atoms with Crippen LogP contribution in [-0.4, -0.2) is 86.3 Å². The highest BCUT2D eigenvalue weighted by atomic mass is 16.5. The summed E-state index contributed by atoms with van der Waals surface area (Å²) in [5, 5.41) is 6.19. The molecule has 0 spiro atoms. The monoisotopic (exact) mass is 626 g/mol. The van der Waals surface area contributed by atoms with Crippen LogP contribution in [0.5, 0.6) is 28.9 Å². The molecule has 5 rings (SSSR count). The van der Waals surface area contributed by atoms with Gasteiger partial charge in [0.2, 0.25) is 11.8 Å². The van der Waals surface area contributed by atoms with Crippen molar-refractivity contribution in [3.63, 3.8) is 0 Å². The van der Waals surface area contributed by atoms with E-state index in [1.54, 1.807) is 32.4 Å². The number of methoxy groups -OCH3 is 2. The lowest BCUT2D eigenvalue weighted by atomic mass is 10.1. The number of aryl methyl sites for hydroxylation is 2. The van der Waals surface area contributed by atoms with E-state index >= 15 is 0 Å². The maximum Gasteiger partial charge on any atom is 0.262 e. The number of hydrogen-bond acceptors (Lipinski definition) is 10. The zero-order valence-corrected chi connectivity index (χ0v) is 27.1. The number of piperazine rings is 1. The molecule has 46 heavy (non-hydrogen) atoms. The first-order valence-electron chi connectivity index (χ1n) is 15.4. The summed E-state index contributed by atoms with van der Waals surface area (Å²) in [6.07, 6.45) is 2.38. The minimum atomic E-state index is -0.391. The number of nitrogens with one attached hydrogen (secondary N) is 2. The van der Waals surface area contributed by atoms with Crippen molar-refractivity contribution >= 4 is 23.2 Å². The van der Waals surface area contributed by atoms with Crippen molar-refractivity contribution in [1.29, 1.82) is 0 Å². The van der Waals surface area contributed by atoms with Crippen molar-refractivity contribution in [3.8, 4) is 28.9 Å². The van der Waals surface area contributed by atoms with Crippen molar-refractivity contribution < 1.29 is 23.7 Å². The third kappa shape index (κ3) is 8.43. The maximum absolute atomic E-state index is 13.5. The quantitative estimate of drug-likeness (QED) is 0.174. The molecule has 11 heteroatoms. The van der Waals surface area contributed by atoms with Gasteiger partial charge in [-0.25, -0.2) is 4.98 Å². The number of para-hydroxylation sites is 1. The smallest absolute Gasteiger partial charge is 0.262 e. The molecule has 2 heterocycles. The molecule has 0 unspecified atom stereocenters. The van der Waals surface area contributed by atoms with Crippen molar-refractivity contribution in [2.24, 2.45) is 0 Å².